The van der Waals surface area contributed by atoms with Crippen molar-refractivity contribution < 1.29 is 14.3 Å². The van der Waals surface area contributed by atoms with Crippen LogP contribution < -0.4 is 10.3 Å². The van der Waals surface area contributed by atoms with Gasteiger partial charge in [-0.25, -0.2) is 9.78 Å². The van der Waals surface area contributed by atoms with Crippen molar-refractivity contribution in [1.82, 2.24) is 9.55 Å². The fraction of sp³-hybridized carbons (Fsp3) is 0.350. The largest absolute Gasteiger partial charge is 0.492 e. The van der Waals surface area contributed by atoms with E-state index in [9.17, 15) is 9.59 Å². The van der Waals surface area contributed by atoms with Gasteiger partial charge in [0.1, 0.15) is 17.2 Å². The van der Waals surface area contributed by atoms with Crippen LogP contribution in [0.15, 0.2) is 40.8 Å². The highest BCUT2D eigenvalue weighted by Crippen LogP contribution is 2.21. The molecule has 2 aromatic heterocycles. The van der Waals surface area contributed by atoms with E-state index in [0.717, 1.165) is 24.2 Å². The van der Waals surface area contributed by atoms with Crippen molar-refractivity contribution in [3.63, 3.8) is 0 Å². The van der Waals surface area contributed by atoms with Crippen molar-refractivity contribution in [3.8, 4) is 5.75 Å². The summed E-state index contributed by atoms with van der Waals surface area (Å²) in [6.45, 7) is 5.04. The predicted molar refractivity (Wildman–Crippen MR) is 106 cm³/mol. The van der Waals surface area contributed by atoms with E-state index in [1.54, 1.807) is 5.38 Å². The van der Waals surface area contributed by atoms with Gasteiger partial charge in [-0.2, -0.15) is 0 Å². The summed E-state index contributed by atoms with van der Waals surface area (Å²) in [4.78, 5) is 29.9. The number of thiophene rings is 1. The van der Waals surface area contributed by atoms with E-state index in [-0.39, 0.29) is 11.1 Å². The van der Waals surface area contributed by atoms with Gasteiger partial charge in [0.05, 0.1) is 30.4 Å². The second-order valence-electron chi connectivity index (χ2n) is 6.23. The standard InChI is InChI=1S/C20H22N2O4S/c1-3-4-9-26-20(24)16-12-27-18-17(16)19(23)22(13-21-18)8-10-25-15-7-5-6-14(2)11-15/h5-7,11-13H,3-4,8-10H2,1-2H3. The summed E-state index contributed by atoms with van der Waals surface area (Å²) in [6, 6.07) is 7.73. The summed E-state index contributed by atoms with van der Waals surface area (Å²) in [6.07, 6.45) is 3.23. The molecule has 0 aliphatic heterocycles. The van der Waals surface area contributed by atoms with E-state index in [4.69, 9.17) is 9.47 Å². The lowest BCUT2D eigenvalue weighted by atomic mass is 10.2. The molecule has 0 spiro atoms. The Kier molecular flexibility index (Phi) is 6.24. The number of esters is 1. The molecule has 0 unspecified atom stereocenters. The van der Waals surface area contributed by atoms with Crippen LogP contribution >= 0.6 is 11.3 Å². The number of fused-ring (bicyclic) bond motifs is 1. The molecule has 1 aromatic carbocycles. The van der Waals surface area contributed by atoms with Crippen molar-refractivity contribution in [2.75, 3.05) is 13.2 Å². The highest BCUT2D eigenvalue weighted by atomic mass is 32.1. The summed E-state index contributed by atoms with van der Waals surface area (Å²) in [5, 5.41) is 1.96. The van der Waals surface area contributed by atoms with Crippen molar-refractivity contribution in [3.05, 3.63) is 57.5 Å². The molecule has 0 N–H and O–H groups in total. The first-order chi connectivity index (χ1) is 13.1. The van der Waals surface area contributed by atoms with Gasteiger partial charge in [0.15, 0.2) is 0 Å². The third kappa shape index (κ3) is 4.54. The van der Waals surface area contributed by atoms with Gasteiger partial charge < -0.3 is 9.47 Å². The van der Waals surface area contributed by atoms with E-state index < -0.39 is 5.97 Å². The molecule has 0 bridgehead atoms. The van der Waals surface area contributed by atoms with E-state index in [1.807, 2.05) is 38.1 Å². The normalized spacial score (nSPS) is 10.9. The van der Waals surface area contributed by atoms with Crippen LogP contribution in [0.4, 0.5) is 0 Å². The Bertz CT molecular complexity index is 993. The van der Waals surface area contributed by atoms with E-state index in [1.165, 1.54) is 22.2 Å². The first-order valence-electron chi connectivity index (χ1n) is 8.93. The quantitative estimate of drug-likeness (QED) is 0.435. The number of carbonyl (C=O) groups excluding carboxylic acids is 1. The molecule has 6 nitrogen and oxygen atoms in total. The Morgan fingerprint density at radius 2 is 2.15 bits per heavy atom. The van der Waals surface area contributed by atoms with Crippen LogP contribution in [0.2, 0.25) is 0 Å². The van der Waals surface area contributed by atoms with E-state index >= 15 is 0 Å². The summed E-state index contributed by atoms with van der Waals surface area (Å²) in [5.74, 6) is 0.287. The van der Waals surface area contributed by atoms with Crippen LogP contribution in [0.1, 0.15) is 35.7 Å². The molecule has 0 radical (unpaired) electrons. The Morgan fingerprint density at radius 1 is 1.30 bits per heavy atom. The van der Waals surface area contributed by atoms with Gasteiger partial charge in [-0.15, -0.1) is 11.3 Å². The molecule has 2 heterocycles. The van der Waals surface area contributed by atoms with E-state index in [2.05, 4.69) is 4.98 Å². The predicted octanol–water partition coefficient (Wildman–Crippen LogP) is 3.80. The zero-order valence-corrected chi connectivity index (χ0v) is 16.3. The number of rotatable bonds is 8. The van der Waals surface area contributed by atoms with Crippen molar-refractivity contribution in [2.45, 2.75) is 33.2 Å². The van der Waals surface area contributed by atoms with Crippen molar-refractivity contribution in [1.29, 1.82) is 0 Å². The zero-order chi connectivity index (χ0) is 19.2. The average Bonchev–Trinajstić information content (AvgIpc) is 3.09. The molecule has 0 saturated heterocycles. The fourth-order valence-corrected chi connectivity index (χ4v) is 3.50. The molecule has 0 amide bonds. The summed E-state index contributed by atoms with van der Waals surface area (Å²) < 4.78 is 12.4. The van der Waals surface area contributed by atoms with Crippen LogP contribution in [-0.4, -0.2) is 28.7 Å². The molecule has 0 saturated carbocycles. The van der Waals surface area contributed by atoms with Gasteiger partial charge in [-0.3, -0.25) is 9.36 Å². The topological polar surface area (TPSA) is 70.4 Å². The Hall–Kier alpha value is -2.67. The Labute approximate surface area is 161 Å². The van der Waals surface area contributed by atoms with Gasteiger partial charge in [-0.05, 0) is 31.0 Å². The Balaban J connectivity index is 1.75. The molecule has 7 heteroatoms. The molecule has 0 aliphatic carbocycles. The third-order valence-corrected chi connectivity index (χ3v) is 4.99. The number of carbonyl (C=O) groups is 1. The number of unbranched alkanes of at least 4 members (excludes halogenated alkanes) is 1. The molecule has 0 fully saturated rings. The minimum absolute atomic E-state index is 0.253. The second-order valence-corrected chi connectivity index (χ2v) is 7.09. The molecule has 0 atom stereocenters. The molecule has 3 aromatic rings. The maximum absolute atomic E-state index is 12.8. The number of aromatic nitrogens is 2. The average molecular weight is 386 g/mol. The van der Waals surface area contributed by atoms with Gasteiger partial charge in [0.2, 0.25) is 0 Å². The first-order valence-corrected chi connectivity index (χ1v) is 9.81. The van der Waals surface area contributed by atoms with Gasteiger partial charge in [0.25, 0.3) is 5.56 Å². The number of nitrogens with zero attached hydrogens (tertiary/aromatic N) is 2. The molecule has 142 valence electrons. The van der Waals surface area contributed by atoms with E-state index in [0.29, 0.717) is 30.0 Å². The number of benzene rings is 1. The van der Waals surface area contributed by atoms with Crippen LogP contribution in [0.5, 0.6) is 5.75 Å². The maximum Gasteiger partial charge on any atom is 0.339 e. The molecule has 27 heavy (non-hydrogen) atoms. The minimum atomic E-state index is -0.470. The van der Waals surface area contributed by atoms with Crippen molar-refractivity contribution >= 4 is 27.5 Å². The highest BCUT2D eigenvalue weighted by Gasteiger charge is 2.18. The molecular formula is C20H22N2O4S. The number of hydrogen-bond acceptors (Lipinski definition) is 6. The summed E-state index contributed by atoms with van der Waals surface area (Å²) in [7, 11) is 0. The lowest BCUT2D eigenvalue weighted by Gasteiger charge is -2.09. The third-order valence-electron chi connectivity index (χ3n) is 4.10. The lowest BCUT2D eigenvalue weighted by Crippen LogP contribution is -2.24. The highest BCUT2D eigenvalue weighted by molar-refractivity contribution is 7.17. The van der Waals surface area contributed by atoms with Crippen molar-refractivity contribution in [2.24, 2.45) is 0 Å². The van der Waals surface area contributed by atoms with Gasteiger partial charge >= 0.3 is 5.97 Å². The van der Waals surface area contributed by atoms with Crippen LogP contribution in [0.3, 0.4) is 0 Å². The molecule has 3 rings (SSSR count). The summed E-state index contributed by atoms with van der Waals surface area (Å²) >= 11 is 1.27. The fourth-order valence-electron chi connectivity index (χ4n) is 2.63. The molecular weight excluding hydrogens is 364 g/mol. The smallest absolute Gasteiger partial charge is 0.339 e. The zero-order valence-electron chi connectivity index (χ0n) is 15.4. The summed E-state index contributed by atoms with van der Waals surface area (Å²) in [5.41, 5.74) is 1.14. The lowest BCUT2D eigenvalue weighted by molar-refractivity contribution is 0.0502. The second kappa shape index (κ2) is 8.81. The van der Waals surface area contributed by atoms with Gasteiger partial charge in [-0.1, -0.05) is 25.5 Å². The van der Waals surface area contributed by atoms with Gasteiger partial charge in [0, 0.05) is 5.38 Å². The monoisotopic (exact) mass is 386 g/mol. The first kappa shape index (κ1) is 19.1. The number of aryl methyl sites for hydroxylation is 1. The minimum Gasteiger partial charge on any atom is -0.492 e. The Morgan fingerprint density at radius 3 is 2.93 bits per heavy atom. The number of hydrogen-bond donors (Lipinski definition) is 0. The SMILES string of the molecule is CCCCOC(=O)c1csc2ncn(CCOc3cccc(C)c3)c(=O)c12. The number of ether oxygens (including phenoxy) is 2. The van der Waals surface area contributed by atoms with Crippen LogP contribution in [0, 0.1) is 6.92 Å². The molecule has 0 aliphatic rings. The van der Waals surface area contributed by atoms with Crippen LogP contribution in [-0.2, 0) is 11.3 Å². The van der Waals surface area contributed by atoms with Crippen LogP contribution in [0.25, 0.3) is 10.2 Å². The maximum atomic E-state index is 12.8.